The Labute approximate surface area is 44.6 Å². The minimum Gasteiger partial charge on any atom is -0.357 e. The van der Waals surface area contributed by atoms with Crippen LogP contribution in [-0.4, -0.2) is 4.57 Å². The number of aromatic nitrogens is 1. The highest BCUT2D eigenvalue weighted by Crippen LogP contribution is 1.80. The molecule has 0 aliphatic carbocycles. The van der Waals surface area contributed by atoms with Crippen LogP contribution in [0.1, 0.15) is 7.43 Å². The van der Waals surface area contributed by atoms with Crippen LogP contribution in [0, 0.1) is 0 Å². The SMILES string of the molecule is C.Cn1cccc1. The van der Waals surface area contributed by atoms with Gasteiger partial charge in [0.15, 0.2) is 0 Å². The van der Waals surface area contributed by atoms with Gasteiger partial charge in [-0.3, -0.25) is 0 Å². The molecule has 0 aromatic carbocycles. The Hall–Kier alpha value is -0.720. The fraction of sp³-hybridized carbons (Fsp3) is 0.333. The molecule has 1 aromatic rings. The second-order valence-corrected chi connectivity index (χ2v) is 1.35. The molecule has 1 heteroatoms. The van der Waals surface area contributed by atoms with Crippen molar-refractivity contribution in [2.75, 3.05) is 0 Å². The van der Waals surface area contributed by atoms with E-state index in [-0.39, 0.29) is 7.43 Å². The second-order valence-electron chi connectivity index (χ2n) is 1.35. The maximum absolute atomic E-state index is 2.00. The van der Waals surface area contributed by atoms with Crippen molar-refractivity contribution in [1.82, 2.24) is 4.57 Å². The zero-order chi connectivity index (χ0) is 4.41. The molecule has 1 nitrogen and oxygen atoms in total. The van der Waals surface area contributed by atoms with E-state index in [1.54, 1.807) is 0 Å². The Morgan fingerprint density at radius 1 is 1.14 bits per heavy atom. The quantitative estimate of drug-likeness (QED) is 0.464. The standard InChI is InChI=1S/C5H7N.CH4/c1-6-4-2-3-5-6;/h2-5H,1H3;1H4. The highest BCUT2D eigenvalue weighted by molar-refractivity contribution is 4.88. The van der Waals surface area contributed by atoms with Crippen LogP contribution < -0.4 is 0 Å². The van der Waals surface area contributed by atoms with Crippen molar-refractivity contribution in [3.63, 3.8) is 0 Å². The molecule has 0 amide bonds. The summed E-state index contributed by atoms with van der Waals surface area (Å²) in [5, 5.41) is 0. The predicted octanol–water partition coefficient (Wildman–Crippen LogP) is 1.66. The number of aryl methyl sites for hydroxylation is 1. The van der Waals surface area contributed by atoms with Gasteiger partial charge >= 0.3 is 0 Å². The first-order valence-electron chi connectivity index (χ1n) is 1.96. The zero-order valence-corrected chi connectivity index (χ0v) is 3.76. The number of hydrogen-bond acceptors (Lipinski definition) is 0. The van der Waals surface area contributed by atoms with Crippen molar-refractivity contribution in [3.05, 3.63) is 24.5 Å². The fourth-order valence-corrected chi connectivity index (χ4v) is 0.421. The summed E-state index contributed by atoms with van der Waals surface area (Å²) in [6.07, 6.45) is 4.00. The van der Waals surface area contributed by atoms with Crippen LogP contribution in [0.25, 0.3) is 0 Å². The van der Waals surface area contributed by atoms with E-state index in [1.165, 1.54) is 0 Å². The van der Waals surface area contributed by atoms with E-state index < -0.39 is 0 Å². The monoisotopic (exact) mass is 97.1 g/mol. The van der Waals surface area contributed by atoms with Crippen molar-refractivity contribution in [2.24, 2.45) is 7.05 Å². The van der Waals surface area contributed by atoms with Gasteiger partial charge in [0.25, 0.3) is 0 Å². The highest BCUT2D eigenvalue weighted by atomic mass is 14.9. The zero-order valence-electron chi connectivity index (χ0n) is 3.76. The van der Waals surface area contributed by atoms with Gasteiger partial charge in [-0.05, 0) is 12.1 Å². The molecule has 0 saturated carbocycles. The highest BCUT2D eigenvalue weighted by Gasteiger charge is 1.68. The third kappa shape index (κ3) is 1.44. The molecule has 0 aliphatic rings. The molecule has 0 bridgehead atoms. The Morgan fingerprint density at radius 3 is 1.71 bits per heavy atom. The lowest BCUT2D eigenvalue weighted by molar-refractivity contribution is 0.928. The van der Waals surface area contributed by atoms with Gasteiger partial charge in [0.2, 0.25) is 0 Å². The molecule has 40 valence electrons. The maximum Gasteiger partial charge on any atom is 0.0106 e. The molecule has 0 fully saturated rings. The average Bonchev–Trinajstić information content (AvgIpc) is 1.86. The van der Waals surface area contributed by atoms with Gasteiger partial charge < -0.3 is 4.57 Å². The number of hydrogen-bond donors (Lipinski definition) is 0. The number of rotatable bonds is 0. The summed E-state index contributed by atoms with van der Waals surface area (Å²) in [5.74, 6) is 0. The van der Waals surface area contributed by atoms with E-state index in [9.17, 15) is 0 Å². The average molecular weight is 97.2 g/mol. The van der Waals surface area contributed by atoms with Crippen molar-refractivity contribution in [3.8, 4) is 0 Å². The summed E-state index contributed by atoms with van der Waals surface area (Å²) < 4.78 is 2.00. The molecule has 0 saturated heterocycles. The van der Waals surface area contributed by atoms with Crippen LogP contribution in [0.3, 0.4) is 0 Å². The van der Waals surface area contributed by atoms with E-state index in [0.29, 0.717) is 0 Å². The van der Waals surface area contributed by atoms with Gasteiger partial charge in [-0.15, -0.1) is 0 Å². The van der Waals surface area contributed by atoms with E-state index >= 15 is 0 Å². The summed E-state index contributed by atoms with van der Waals surface area (Å²) >= 11 is 0. The van der Waals surface area contributed by atoms with Crippen LogP contribution in [0.4, 0.5) is 0 Å². The van der Waals surface area contributed by atoms with Gasteiger partial charge in [0.05, 0.1) is 0 Å². The van der Waals surface area contributed by atoms with Crippen LogP contribution in [-0.2, 0) is 7.05 Å². The Bertz CT molecular complexity index is 108. The summed E-state index contributed by atoms with van der Waals surface area (Å²) in [6.45, 7) is 0. The molecular formula is C6H11N. The van der Waals surface area contributed by atoms with Gasteiger partial charge in [-0.2, -0.15) is 0 Å². The maximum atomic E-state index is 2.00. The molecule has 1 heterocycles. The molecule has 0 spiro atoms. The molecule has 0 atom stereocenters. The molecule has 0 N–H and O–H groups in total. The molecule has 1 rings (SSSR count). The summed E-state index contributed by atoms with van der Waals surface area (Å²) in [7, 11) is 2.00. The van der Waals surface area contributed by atoms with E-state index in [2.05, 4.69) is 0 Å². The topological polar surface area (TPSA) is 4.93 Å². The first-order chi connectivity index (χ1) is 2.89. The lowest BCUT2D eigenvalue weighted by Gasteiger charge is -1.79. The van der Waals surface area contributed by atoms with E-state index in [1.807, 2.05) is 36.1 Å². The molecule has 7 heavy (non-hydrogen) atoms. The first-order valence-corrected chi connectivity index (χ1v) is 1.96. The van der Waals surface area contributed by atoms with Gasteiger partial charge in [-0.25, -0.2) is 0 Å². The van der Waals surface area contributed by atoms with E-state index in [0.717, 1.165) is 0 Å². The summed E-state index contributed by atoms with van der Waals surface area (Å²) in [5.41, 5.74) is 0. The minimum atomic E-state index is 0. The Morgan fingerprint density at radius 2 is 1.57 bits per heavy atom. The van der Waals surface area contributed by atoms with Crippen LogP contribution >= 0.6 is 0 Å². The van der Waals surface area contributed by atoms with Gasteiger partial charge in [0.1, 0.15) is 0 Å². The molecule has 0 aliphatic heterocycles. The van der Waals surface area contributed by atoms with Gasteiger partial charge in [-0.1, -0.05) is 7.43 Å². The van der Waals surface area contributed by atoms with Crippen molar-refractivity contribution in [2.45, 2.75) is 7.43 Å². The summed E-state index contributed by atoms with van der Waals surface area (Å²) in [6, 6.07) is 4.00. The van der Waals surface area contributed by atoms with Gasteiger partial charge in [0, 0.05) is 19.4 Å². The molecular weight excluding hydrogens is 86.1 g/mol. The molecule has 1 aromatic heterocycles. The lowest BCUT2D eigenvalue weighted by atomic mass is 10.7. The number of nitrogens with zero attached hydrogens (tertiary/aromatic N) is 1. The fourth-order valence-electron chi connectivity index (χ4n) is 0.421. The predicted molar refractivity (Wildman–Crippen MR) is 32.1 cm³/mol. The van der Waals surface area contributed by atoms with Crippen molar-refractivity contribution < 1.29 is 0 Å². The van der Waals surface area contributed by atoms with Crippen molar-refractivity contribution in [1.29, 1.82) is 0 Å². The normalized spacial score (nSPS) is 7.57. The first kappa shape index (κ1) is 6.28. The third-order valence-electron chi connectivity index (χ3n) is 0.754. The Kier molecular flexibility index (Phi) is 2.20. The molecule has 0 radical (unpaired) electrons. The molecule has 0 unspecified atom stereocenters. The third-order valence-corrected chi connectivity index (χ3v) is 0.754. The van der Waals surface area contributed by atoms with E-state index in [4.69, 9.17) is 0 Å². The Balaban J connectivity index is 0.000000360. The van der Waals surface area contributed by atoms with Crippen LogP contribution in [0.15, 0.2) is 24.5 Å². The summed E-state index contributed by atoms with van der Waals surface area (Å²) in [4.78, 5) is 0. The minimum absolute atomic E-state index is 0. The lowest BCUT2D eigenvalue weighted by Crippen LogP contribution is -1.75. The smallest absolute Gasteiger partial charge is 0.0106 e. The van der Waals surface area contributed by atoms with Crippen LogP contribution in [0.5, 0.6) is 0 Å². The van der Waals surface area contributed by atoms with Crippen LogP contribution in [0.2, 0.25) is 0 Å². The second kappa shape index (κ2) is 2.45. The van der Waals surface area contributed by atoms with Crippen molar-refractivity contribution >= 4 is 0 Å². The largest absolute Gasteiger partial charge is 0.357 e.